The number of anilines is 1. The molecule has 0 aliphatic rings. The van der Waals surface area contributed by atoms with E-state index < -0.39 is 10.8 Å². The molecule has 0 bridgehead atoms. The average molecular weight is 446 g/mol. The Morgan fingerprint density at radius 2 is 1.12 bits per heavy atom. The number of nitrogens with one attached hydrogen (secondary N) is 3. The molecule has 0 saturated carbocycles. The first-order valence-corrected chi connectivity index (χ1v) is 10.1. The number of amides is 3. The smallest absolute Gasteiger partial charge is 0.269 e. The van der Waals surface area contributed by atoms with Crippen molar-refractivity contribution in [1.82, 2.24) is 10.6 Å². The number of nitro groups is 1. The van der Waals surface area contributed by atoms with E-state index in [4.69, 9.17) is 0 Å². The molecule has 0 fully saturated rings. The first kappa shape index (κ1) is 23.1. The van der Waals surface area contributed by atoms with Crippen LogP contribution < -0.4 is 16.0 Å². The molecule has 33 heavy (non-hydrogen) atoms. The Hall–Kier alpha value is -4.53. The number of non-ortho nitro benzene ring substituents is 1. The minimum absolute atomic E-state index is 0.0976. The van der Waals surface area contributed by atoms with E-state index in [1.54, 1.807) is 36.4 Å². The maximum absolute atomic E-state index is 12.3. The van der Waals surface area contributed by atoms with Crippen molar-refractivity contribution in [3.63, 3.8) is 0 Å². The number of aryl methyl sites for hydroxylation is 1. The van der Waals surface area contributed by atoms with Crippen molar-refractivity contribution in [1.29, 1.82) is 0 Å². The summed E-state index contributed by atoms with van der Waals surface area (Å²) in [6, 6.07) is 18.9. The van der Waals surface area contributed by atoms with Gasteiger partial charge < -0.3 is 16.0 Å². The van der Waals surface area contributed by atoms with Crippen LogP contribution in [0.2, 0.25) is 0 Å². The number of carbonyl (C=O) groups is 3. The van der Waals surface area contributed by atoms with Crippen LogP contribution in [0.3, 0.4) is 0 Å². The van der Waals surface area contributed by atoms with Crippen LogP contribution in [0.1, 0.15) is 36.6 Å². The van der Waals surface area contributed by atoms with Crippen LogP contribution in [0.5, 0.6) is 0 Å². The molecule has 9 nitrogen and oxygen atoms in total. The number of nitro benzene ring substituents is 1. The highest BCUT2D eigenvalue weighted by molar-refractivity contribution is 6.04. The lowest BCUT2D eigenvalue weighted by atomic mass is 10.1. The Bertz CT molecular complexity index is 1160. The van der Waals surface area contributed by atoms with E-state index in [0.29, 0.717) is 16.8 Å². The van der Waals surface area contributed by atoms with Gasteiger partial charge in [0.1, 0.15) is 0 Å². The molecule has 3 amide bonds. The zero-order chi connectivity index (χ0) is 23.8. The van der Waals surface area contributed by atoms with Gasteiger partial charge in [0.15, 0.2) is 0 Å². The van der Waals surface area contributed by atoms with Crippen molar-refractivity contribution in [3.8, 4) is 0 Å². The predicted molar refractivity (Wildman–Crippen MR) is 123 cm³/mol. The quantitative estimate of drug-likeness (QED) is 0.278. The van der Waals surface area contributed by atoms with Crippen LogP contribution in [0.25, 0.3) is 0 Å². The Balaban J connectivity index is 1.43. The summed E-state index contributed by atoms with van der Waals surface area (Å²) in [6.07, 6.45) is 0. The minimum Gasteiger partial charge on any atom is -0.350 e. The fourth-order valence-electron chi connectivity index (χ4n) is 2.90. The van der Waals surface area contributed by atoms with E-state index in [1.807, 2.05) is 19.1 Å². The summed E-state index contributed by atoms with van der Waals surface area (Å²) >= 11 is 0. The Labute approximate surface area is 190 Å². The van der Waals surface area contributed by atoms with E-state index in [-0.39, 0.29) is 36.2 Å². The van der Waals surface area contributed by atoms with Crippen molar-refractivity contribution in [2.24, 2.45) is 0 Å². The zero-order valence-electron chi connectivity index (χ0n) is 17.8. The molecule has 168 valence electrons. The molecule has 0 heterocycles. The Morgan fingerprint density at radius 3 is 1.61 bits per heavy atom. The molecule has 0 aliphatic carbocycles. The van der Waals surface area contributed by atoms with Crippen LogP contribution >= 0.6 is 0 Å². The van der Waals surface area contributed by atoms with Gasteiger partial charge in [0.2, 0.25) is 0 Å². The second kappa shape index (κ2) is 10.7. The highest BCUT2D eigenvalue weighted by Gasteiger charge is 2.10. The fraction of sp³-hybridized carbons (Fsp3) is 0.125. The van der Waals surface area contributed by atoms with Gasteiger partial charge in [0, 0.05) is 47.6 Å². The van der Waals surface area contributed by atoms with Gasteiger partial charge in [-0.3, -0.25) is 24.5 Å². The van der Waals surface area contributed by atoms with E-state index in [1.165, 1.54) is 24.3 Å². The Morgan fingerprint density at radius 1 is 0.697 bits per heavy atom. The summed E-state index contributed by atoms with van der Waals surface area (Å²) < 4.78 is 0. The molecule has 0 aliphatic heterocycles. The van der Waals surface area contributed by atoms with Crippen LogP contribution in [0.4, 0.5) is 11.4 Å². The summed E-state index contributed by atoms with van der Waals surface area (Å²) in [7, 11) is 0. The molecule has 3 N–H and O–H groups in total. The summed E-state index contributed by atoms with van der Waals surface area (Å²) in [5.41, 5.74) is 2.76. The highest BCUT2D eigenvalue weighted by Crippen LogP contribution is 2.13. The van der Waals surface area contributed by atoms with E-state index in [2.05, 4.69) is 16.0 Å². The monoisotopic (exact) mass is 446 g/mol. The summed E-state index contributed by atoms with van der Waals surface area (Å²) in [4.78, 5) is 46.7. The normalized spacial score (nSPS) is 10.2. The summed E-state index contributed by atoms with van der Waals surface area (Å²) in [5.74, 6) is -0.959. The third-order valence-electron chi connectivity index (χ3n) is 4.76. The van der Waals surface area contributed by atoms with Gasteiger partial charge in [0.25, 0.3) is 23.4 Å². The van der Waals surface area contributed by atoms with Gasteiger partial charge in [-0.1, -0.05) is 17.7 Å². The molecule has 0 spiro atoms. The molecule has 0 saturated heterocycles. The molecule has 3 rings (SSSR count). The van der Waals surface area contributed by atoms with Crippen molar-refractivity contribution < 1.29 is 19.3 Å². The lowest BCUT2D eigenvalue weighted by Gasteiger charge is -2.09. The van der Waals surface area contributed by atoms with Gasteiger partial charge >= 0.3 is 0 Å². The summed E-state index contributed by atoms with van der Waals surface area (Å²) in [6.45, 7) is 2.33. The molecular formula is C24H22N4O5. The van der Waals surface area contributed by atoms with Gasteiger partial charge in [-0.15, -0.1) is 0 Å². The lowest BCUT2D eigenvalue weighted by Crippen LogP contribution is -2.34. The fourth-order valence-corrected chi connectivity index (χ4v) is 2.90. The van der Waals surface area contributed by atoms with E-state index >= 15 is 0 Å². The van der Waals surface area contributed by atoms with Crippen molar-refractivity contribution in [2.75, 3.05) is 18.4 Å². The van der Waals surface area contributed by atoms with Gasteiger partial charge in [-0.05, 0) is 55.5 Å². The molecule has 0 radical (unpaired) electrons. The number of benzene rings is 3. The van der Waals surface area contributed by atoms with Crippen molar-refractivity contribution in [3.05, 3.63) is 105 Å². The largest absolute Gasteiger partial charge is 0.350 e. The molecule has 3 aromatic carbocycles. The third-order valence-corrected chi connectivity index (χ3v) is 4.76. The second-order valence-electron chi connectivity index (χ2n) is 7.21. The lowest BCUT2D eigenvalue weighted by molar-refractivity contribution is -0.384. The first-order chi connectivity index (χ1) is 15.8. The van der Waals surface area contributed by atoms with E-state index in [0.717, 1.165) is 5.56 Å². The SMILES string of the molecule is Cc1ccc(C(=O)Nc2ccc(C(=O)NCCNC(=O)c3ccc([N+](=O)[O-])cc3)cc2)cc1. The van der Waals surface area contributed by atoms with Crippen LogP contribution in [-0.4, -0.2) is 35.7 Å². The molecular weight excluding hydrogens is 424 g/mol. The molecule has 9 heteroatoms. The number of hydrogen-bond donors (Lipinski definition) is 3. The maximum atomic E-state index is 12.3. The number of nitrogens with zero attached hydrogens (tertiary/aromatic N) is 1. The molecule has 0 aromatic heterocycles. The van der Waals surface area contributed by atoms with Crippen molar-refractivity contribution >= 4 is 29.1 Å². The third kappa shape index (κ3) is 6.47. The zero-order valence-corrected chi connectivity index (χ0v) is 17.8. The highest BCUT2D eigenvalue weighted by atomic mass is 16.6. The number of rotatable bonds is 8. The molecule has 3 aromatic rings. The predicted octanol–water partition coefficient (Wildman–Crippen LogP) is 3.32. The standard InChI is InChI=1S/C24H22N4O5/c1-16-2-4-19(5-3-16)24(31)27-20-10-6-17(7-11-20)22(29)25-14-15-26-23(30)18-8-12-21(13-9-18)28(32)33/h2-13H,14-15H2,1H3,(H,25,29)(H,26,30)(H,27,31). The maximum Gasteiger partial charge on any atom is 0.269 e. The van der Waals surface area contributed by atoms with Crippen LogP contribution in [-0.2, 0) is 0 Å². The van der Waals surface area contributed by atoms with Crippen LogP contribution in [0.15, 0.2) is 72.8 Å². The van der Waals surface area contributed by atoms with Crippen molar-refractivity contribution in [2.45, 2.75) is 6.92 Å². The topological polar surface area (TPSA) is 130 Å². The van der Waals surface area contributed by atoms with Gasteiger partial charge in [-0.2, -0.15) is 0 Å². The number of hydrogen-bond acceptors (Lipinski definition) is 5. The first-order valence-electron chi connectivity index (χ1n) is 10.1. The molecule has 0 atom stereocenters. The number of carbonyl (C=O) groups excluding carboxylic acids is 3. The minimum atomic E-state index is -0.540. The summed E-state index contributed by atoms with van der Waals surface area (Å²) in [5, 5.41) is 18.8. The van der Waals surface area contributed by atoms with Gasteiger partial charge in [0.05, 0.1) is 4.92 Å². The van der Waals surface area contributed by atoms with E-state index in [9.17, 15) is 24.5 Å². The second-order valence-corrected chi connectivity index (χ2v) is 7.21. The van der Waals surface area contributed by atoms with Gasteiger partial charge in [-0.25, -0.2) is 0 Å². The molecule has 0 unspecified atom stereocenters. The average Bonchev–Trinajstić information content (AvgIpc) is 2.82. The Kier molecular flexibility index (Phi) is 7.48. The van der Waals surface area contributed by atoms with Crippen LogP contribution in [0, 0.1) is 17.0 Å².